The molecule has 0 bridgehead atoms. The summed E-state index contributed by atoms with van der Waals surface area (Å²) < 4.78 is 22.4. The molecule has 1 aromatic rings. The van der Waals surface area contributed by atoms with Crippen molar-refractivity contribution in [3.05, 3.63) is 24.3 Å². The minimum absolute atomic E-state index is 0.0217. The van der Waals surface area contributed by atoms with Crippen LogP contribution in [-0.2, 0) is 14.6 Å². The number of carboxylic acids is 1. The molecule has 0 aliphatic rings. The molecule has 1 aromatic carbocycles. The summed E-state index contributed by atoms with van der Waals surface area (Å²) in [6.45, 7) is 0.0217. The molecule has 1 atom stereocenters. The van der Waals surface area contributed by atoms with E-state index in [1.165, 1.54) is 12.1 Å². The average Bonchev–Trinajstić information content (AvgIpc) is 2.25. The van der Waals surface area contributed by atoms with Crippen molar-refractivity contribution in [3.63, 3.8) is 0 Å². The third-order valence-electron chi connectivity index (χ3n) is 2.02. The summed E-state index contributed by atoms with van der Waals surface area (Å²) in [6, 6.07) is 6.06. The molecule has 0 aromatic heterocycles. The molecule has 0 aliphatic carbocycles. The molecule has 0 fully saturated rings. The van der Waals surface area contributed by atoms with Gasteiger partial charge in [-0.3, -0.25) is 4.79 Å². The number of carboxylic acid groups (broad SMARTS) is 1. The van der Waals surface area contributed by atoms with Gasteiger partial charge in [-0.05, 0) is 24.3 Å². The van der Waals surface area contributed by atoms with E-state index in [4.69, 9.17) is 10.8 Å². The normalized spacial score (nSPS) is 13.3. The number of sulfone groups is 1. The van der Waals surface area contributed by atoms with Crippen molar-refractivity contribution in [2.45, 2.75) is 15.0 Å². The SMILES string of the molecule is CS(=O)(=O)c1ccc(SC(CN)C(=O)O)cc1. The van der Waals surface area contributed by atoms with Crippen molar-refractivity contribution in [1.29, 1.82) is 0 Å². The summed E-state index contributed by atoms with van der Waals surface area (Å²) >= 11 is 1.10. The Bertz CT molecular complexity index is 496. The molecule has 7 heteroatoms. The fraction of sp³-hybridized carbons (Fsp3) is 0.300. The van der Waals surface area contributed by atoms with E-state index in [1.54, 1.807) is 12.1 Å². The van der Waals surface area contributed by atoms with Crippen LogP contribution in [0.25, 0.3) is 0 Å². The highest BCUT2D eigenvalue weighted by Gasteiger charge is 2.17. The minimum atomic E-state index is -3.22. The van der Waals surface area contributed by atoms with Crippen LogP contribution in [0.1, 0.15) is 0 Å². The van der Waals surface area contributed by atoms with Gasteiger partial charge >= 0.3 is 5.97 Å². The maximum absolute atomic E-state index is 11.2. The van der Waals surface area contributed by atoms with Crippen molar-refractivity contribution in [3.8, 4) is 0 Å². The van der Waals surface area contributed by atoms with E-state index in [0.29, 0.717) is 4.90 Å². The molecule has 0 amide bonds. The van der Waals surface area contributed by atoms with E-state index in [9.17, 15) is 13.2 Å². The number of hydrogen-bond donors (Lipinski definition) is 2. The first-order valence-electron chi connectivity index (χ1n) is 4.74. The van der Waals surface area contributed by atoms with Crippen molar-refractivity contribution in [1.82, 2.24) is 0 Å². The highest BCUT2D eigenvalue weighted by molar-refractivity contribution is 8.00. The van der Waals surface area contributed by atoms with E-state index in [-0.39, 0.29) is 11.4 Å². The number of nitrogens with two attached hydrogens (primary N) is 1. The summed E-state index contributed by atoms with van der Waals surface area (Å²) in [4.78, 5) is 11.7. The van der Waals surface area contributed by atoms with E-state index < -0.39 is 21.1 Å². The molecule has 94 valence electrons. The fourth-order valence-electron chi connectivity index (χ4n) is 1.13. The van der Waals surface area contributed by atoms with Gasteiger partial charge in [0.05, 0.1) is 4.90 Å². The van der Waals surface area contributed by atoms with Crippen LogP contribution < -0.4 is 5.73 Å². The number of carbonyl (C=O) groups is 1. The Morgan fingerprint density at radius 3 is 2.29 bits per heavy atom. The molecule has 1 unspecified atom stereocenters. The van der Waals surface area contributed by atoms with E-state index in [2.05, 4.69) is 0 Å². The molecule has 5 nitrogen and oxygen atoms in total. The zero-order valence-corrected chi connectivity index (χ0v) is 10.8. The number of aliphatic carboxylic acids is 1. The van der Waals surface area contributed by atoms with Crippen LogP contribution in [0.2, 0.25) is 0 Å². The largest absolute Gasteiger partial charge is 0.480 e. The van der Waals surface area contributed by atoms with E-state index in [0.717, 1.165) is 18.0 Å². The second-order valence-electron chi connectivity index (χ2n) is 3.42. The summed E-state index contributed by atoms with van der Waals surface area (Å²) in [6.07, 6.45) is 1.12. The molecule has 1 rings (SSSR count). The molecule has 3 N–H and O–H groups in total. The predicted octanol–water partition coefficient (Wildman–Crippen LogP) is 0.594. The number of rotatable bonds is 5. The summed E-state index contributed by atoms with van der Waals surface area (Å²) in [5, 5.41) is 8.10. The molecule has 0 spiro atoms. The lowest BCUT2D eigenvalue weighted by Crippen LogP contribution is -2.25. The van der Waals surface area contributed by atoms with Gasteiger partial charge in [-0.25, -0.2) is 8.42 Å². The van der Waals surface area contributed by atoms with Crippen molar-refractivity contribution in [2.75, 3.05) is 12.8 Å². The zero-order chi connectivity index (χ0) is 13.1. The Kier molecular flexibility index (Phi) is 4.55. The molecule has 0 heterocycles. The number of benzene rings is 1. The molecular weight excluding hydrogens is 262 g/mol. The fourth-order valence-corrected chi connectivity index (χ4v) is 2.58. The van der Waals surface area contributed by atoms with E-state index >= 15 is 0 Å². The number of hydrogen-bond acceptors (Lipinski definition) is 5. The minimum Gasteiger partial charge on any atom is -0.480 e. The first-order valence-corrected chi connectivity index (χ1v) is 7.51. The Hall–Kier alpha value is -1.05. The Labute approximate surface area is 104 Å². The first-order chi connectivity index (χ1) is 7.84. The smallest absolute Gasteiger partial charge is 0.318 e. The van der Waals surface area contributed by atoms with Crippen LogP contribution in [0, 0.1) is 0 Å². The molecule has 0 radical (unpaired) electrons. The van der Waals surface area contributed by atoms with Gasteiger partial charge in [-0.2, -0.15) is 0 Å². The average molecular weight is 275 g/mol. The van der Waals surface area contributed by atoms with Crippen LogP contribution >= 0.6 is 11.8 Å². The van der Waals surface area contributed by atoms with Crippen LogP contribution in [0.5, 0.6) is 0 Å². The summed E-state index contributed by atoms with van der Waals surface area (Å²) in [7, 11) is -3.22. The van der Waals surface area contributed by atoms with Crippen LogP contribution in [0.15, 0.2) is 34.1 Å². The van der Waals surface area contributed by atoms with Crippen molar-refractivity contribution >= 4 is 27.6 Å². The Morgan fingerprint density at radius 1 is 1.41 bits per heavy atom. The van der Waals surface area contributed by atoms with Gasteiger partial charge in [0.25, 0.3) is 0 Å². The summed E-state index contributed by atoms with van der Waals surface area (Å²) in [5.41, 5.74) is 5.32. The van der Waals surface area contributed by atoms with Gasteiger partial charge in [0.1, 0.15) is 5.25 Å². The third kappa shape index (κ3) is 4.03. The second kappa shape index (κ2) is 5.52. The van der Waals surface area contributed by atoms with Gasteiger partial charge in [0.2, 0.25) is 0 Å². The van der Waals surface area contributed by atoms with Gasteiger partial charge in [-0.15, -0.1) is 11.8 Å². The van der Waals surface area contributed by atoms with Crippen molar-refractivity contribution in [2.24, 2.45) is 5.73 Å². The standard InChI is InChI=1S/C10H13NO4S2/c1-17(14,15)8-4-2-7(3-5-8)16-9(6-11)10(12)13/h2-5,9H,6,11H2,1H3,(H,12,13). The third-order valence-corrected chi connectivity index (χ3v) is 4.37. The molecule has 0 saturated heterocycles. The van der Waals surface area contributed by atoms with Crippen LogP contribution in [0.4, 0.5) is 0 Å². The molecule has 0 aliphatic heterocycles. The molecule has 0 saturated carbocycles. The van der Waals surface area contributed by atoms with E-state index in [1.807, 2.05) is 0 Å². The zero-order valence-electron chi connectivity index (χ0n) is 9.16. The monoisotopic (exact) mass is 275 g/mol. The topological polar surface area (TPSA) is 97.5 Å². The molecular formula is C10H13NO4S2. The lowest BCUT2D eigenvalue weighted by molar-refractivity contribution is -0.136. The highest BCUT2D eigenvalue weighted by atomic mass is 32.2. The van der Waals surface area contributed by atoms with Gasteiger partial charge in [-0.1, -0.05) is 0 Å². The Balaban J connectivity index is 2.85. The van der Waals surface area contributed by atoms with Crippen LogP contribution in [-0.4, -0.2) is 37.5 Å². The van der Waals surface area contributed by atoms with Crippen LogP contribution in [0.3, 0.4) is 0 Å². The first kappa shape index (κ1) is 14.0. The predicted molar refractivity (Wildman–Crippen MR) is 65.9 cm³/mol. The summed E-state index contributed by atoms with van der Waals surface area (Å²) in [5.74, 6) is -0.982. The molecule has 17 heavy (non-hydrogen) atoms. The maximum atomic E-state index is 11.2. The quantitative estimate of drug-likeness (QED) is 0.763. The lowest BCUT2D eigenvalue weighted by Gasteiger charge is -2.09. The number of thioether (sulfide) groups is 1. The van der Waals surface area contributed by atoms with Gasteiger partial charge < -0.3 is 10.8 Å². The second-order valence-corrected chi connectivity index (χ2v) is 6.72. The highest BCUT2D eigenvalue weighted by Crippen LogP contribution is 2.24. The maximum Gasteiger partial charge on any atom is 0.318 e. The van der Waals surface area contributed by atoms with Gasteiger partial charge in [0.15, 0.2) is 9.84 Å². The Morgan fingerprint density at radius 2 is 1.94 bits per heavy atom. The lowest BCUT2D eigenvalue weighted by atomic mass is 10.4. The van der Waals surface area contributed by atoms with Gasteiger partial charge in [0, 0.05) is 17.7 Å². The van der Waals surface area contributed by atoms with Crippen molar-refractivity contribution < 1.29 is 18.3 Å².